The molecule has 3 aromatic rings. The van der Waals surface area contributed by atoms with Crippen molar-refractivity contribution in [3.05, 3.63) is 120 Å². The highest BCUT2D eigenvalue weighted by molar-refractivity contribution is 6.05. The molecule has 1 aliphatic heterocycles. The minimum Gasteiger partial charge on any atom is -0.353 e. The molecule has 180 valence electrons. The van der Waals surface area contributed by atoms with Crippen molar-refractivity contribution in [2.24, 2.45) is 0 Å². The number of fused-ring (bicyclic) bond motifs is 1. The molecule has 6 heteroatoms. The Balaban J connectivity index is 1.56. The van der Waals surface area contributed by atoms with Crippen molar-refractivity contribution in [2.45, 2.75) is 25.3 Å². The molecule has 0 bridgehead atoms. The molecule has 1 aliphatic carbocycles. The second kappa shape index (κ2) is 10.5. The summed E-state index contributed by atoms with van der Waals surface area (Å²) in [4.78, 5) is 28.0. The largest absolute Gasteiger partial charge is 0.353 e. The zero-order chi connectivity index (χ0) is 24.9. The molecule has 5 rings (SSSR count). The number of carbonyl (C=O) groups excluding carboxylic acids is 2. The Morgan fingerprint density at radius 2 is 1.64 bits per heavy atom. The van der Waals surface area contributed by atoms with E-state index in [0.29, 0.717) is 23.4 Å². The van der Waals surface area contributed by atoms with Gasteiger partial charge in [0.05, 0.1) is 16.9 Å². The number of para-hydroxylation sites is 1. The summed E-state index contributed by atoms with van der Waals surface area (Å²) < 4.78 is 0. The third kappa shape index (κ3) is 4.85. The first-order valence-corrected chi connectivity index (χ1v) is 12.0. The molecular weight excluding hydrogens is 450 g/mol. The first kappa shape index (κ1) is 23.3. The second-order valence-electron chi connectivity index (χ2n) is 8.86. The summed E-state index contributed by atoms with van der Waals surface area (Å²) in [6.07, 6.45) is 9.69. The van der Waals surface area contributed by atoms with Crippen LogP contribution in [0.25, 0.3) is 16.8 Å². The molecule has 0 aromatic heterocycles. The minimum atomic E-state index is -0.910. The Hall–Kier alpha value is -4.42. The minimum absolute atomic E-state index is 0.311. The van der Waals surface area contributed by atoms with E-state index in [2.05, 4.69) is 23.5 Å². The zero-order valence-corrected chi connectivity index (χ0v) is 19.7. The van der Waals surface area contributed by atoms with Gasteiger partial charge in [-0.3, -0.25) is 19.7 Å². The van der Waals surface area contributed by atoms with E-state index in [1.165, 1.54) is 4.90 Å². The fraction of sp³-hybridized carbons (Fsp3) is 0.133. The highest BCUT2D eigenvalue weighted by Gasteiger charge is 2.33. The van der Waals surface area contributed by atoms with E-state index in [9.17, 15) is 14.8 Å². The third-order valence-electron chi connectivity index (χ3n) is 6.54. The molecule has 1 heterocycles. The number of amides is 2. The van der Waals surface area contributed by atoms with Crippen molar-refractivity contribution < 1.29 is 14.8 Å². The monoisotopic (exact) mass is 477 g/mol. The van der Waals surface area contributed by atoms with Crippen LogP contribution >= 0.6 is 0 Å². The van der Waals surface area contributed by atoms with Gasteiger partial charge in [0.25, 0.3) is 11.8 Å². The number of nitrogens with one attached hydrogen (secondary N) is 2. The number of hydrogen-bond acceptors (Lipinski definition) is 4. The molecule has 2 amide bonds. The van der Waals surface area contributed by atoms with E-state index in [1.807, 2.05) is 66.7 Å². The van der Waals surface area contributed by atoms with Gasteiger partial charge >= 0.3 is 0 Å². The van der Waals surface area contributed by atoms with Crippen LogP contribution < -0.4 is 10.8 Å². The van der Waals surface area contributed by atoms with Gasteiger partial charge in [-0.05, 0) is 48.1 Å². The zero-order valence-electron chi connectivity index (χ0n) is 19.7. The Morgan fingerprint density at radius 1 is 0.944 bits per heavy atom. The van der Waals surface area contributed by atoms with Gasteiger partial charge in [0, 0.05) is 6.20 Å². The van der Waals surface area contributed by atoms with Gasteiger partial charge < -0.3 is 5.32 Å². The summed E-state index contributed by atoms with van der Waals surface area (Å²) in [7, 11) is 0. The predicted molar refractivity (Wildman–Crippen MR) is 141 cm³/mol. The van der Waals surface area contributed by atoms with Crippen LogP contribution in [-0.4, -0.2) is 28.0 Å². The van der Waals surface area contributed by atoms with E-state index < -0.39 is 11.9 Å². The fourth-order valence-corrected chi connectivity index (χ4v) is 4.61. The number of allylic oxidation sites excluding steroid dienone is 3. The number of benzene rings is 3. The van der Waals surface area contributed by atoms with Crippen LogP contribution in [0.3, 0.4) is 0 Å². The van der Waals surface area contributed by atoms with E-state index in [1.54, 1.807) is 23.8 Å². The maximum Gasteiger partial charge on any atom is 0.266 e. The van der Waals surface area contributed by atoms with Crippen molar-refractivity contribution in [1.29, 1.82) is 0 Å². The lowest BCUT2D eigenvalue weighted by atomic mass is 9.96. The number of hydrogen-bond donors (Lipinski definition) is 3. The van der Waals surface area contributed by atoms with Crippen molar-refractivity contribution in [1.82, 2.24) is 10.4 Å². The molecule has 0 spiro atoms. The number of nitrogens with zero attached hydrogens (tertiary/aromatic N) is 1. The quantitative estimate of drug-likeness (QED) is 0.311. The van der Waals surface area contributed by atoms with Crippen LogP contribution in [0.4, 0.5) is 5.69 Å². The average Bonchev–Trinajstić information content (AvgIpc) is 3.09. The van der Waals surface area contributed by atoms with Crippen molar-refractivity contribution >= 4 is 23.2 Å². The predicted octanol–water partition coefficient (Wildman–Crippen LogP) is 5.76. The van der Waals surface area contributed by atoms with Gasteiger partial charge in [-0.25, -0.2) is 5.48 Å². The molecule has 3 aromatic carbocycles. The lowest BCUT2D eigenvalue weighted by Gasteiger charge is -2.28. The molecule has 0 radical (unpaired) electrons. The van der Waals surface area contributed by atoms with Crippen molar-refractivity contribution in [3.63, 3.8) is 0 Å². The maximum atomic E-state index is 13.7. The lowest BCUT2D eigenvalue weighted by molar-refractivity contribution is -0.133. The van der Waals surface area contributed by atoms with E-state index >= 15 is 0 Å². The molecule has 6 nitrogen and oxygen atoms in total. The molecule has 0 saturated heterocycles. The average molecular weight is 478 g/mol. The van der Waals surface area contributed by atoms with Crippen LogP contribution in [-0.2, 0) is 4.79 Å². The van der Waals surface area contributed by atoms with Gasteiger partial charge in [0.1, 0.15) is 6.04 Å². The summed E-state index contributed by atoms with van der Waals surface area (Å²) in [6, 6.07) is 24.5. The standard InChI is InChI=1S/C30H27N3O3/c34-29(32-36)28(19-21-9-3-1-4-10-21)33-20-27(31-26-14-8-7-13-25(26)30(33)35)24-17-15-23(16-18-24)22-11-5-2-6-12-22/h1-3,5-9,11-18,20,28,31,36H,4,10,19H2,(H,32,34). The molecule has 1 atom stereocenters. The second-order valence-corrected chi connectivity index (χ2v) is 8.86. The van der Waals surface area contributed by atoms with Gasteiger partial charge in [0.15, 0.2) is 0 Å². The van der Waals surface area contributed by atoms with Crippen LogP contribution in [0.5, 0.6) is 0 Å². The third-order valence-corrected chi connectivity index (χ3v) is 6.54. The van der Waals surface area contributed by atoms with Crippen LogP contribution in [0, 0.1) is 0 Å². The summed E-state index contributed by atoms with van der Waals surface area (Å²) in [5.74, 6) is -0.942. The first-order chi connectivity index (χ1) is 17.6. The lowest BCUT2D eigenvalue weighted by Crippen LogP contribution is -2.46. The van der Waals surface area contributed by atoms with Crippen LogP contribution in [0.2, 0.25) is 0 Å². The number of anilines is 1. The Bertz CT molecular complexity index is 1360. The van der Waals surface area contributed by atoms with Gasteiger partial charge in [0.2, 0.25) is 0 Å². The highest BCUT2D eigenvalue weighted by atomic mass is 16.5. The smallest absolute Gasteiger partial charge is 0.266 e. The summed E-state index contributed by atoms with van der Waals surface area (Å²) in [5, 5.41) is 12.9. The van der Waals surface area contributed by atoms with Crippen LogP contribution in [0.1, 0.15) is 35.2 Å². The topological polar surface area (TPSA) is 81.7 Å². The van der Waals surface area contributed by atoms with Crippen LogP contribution in [0.15, 0.2) is 109 Å². The Labute approximate surface area is 210 Å². The molecule has 0 saturated carbocycles. The number of hydroxylamine groups is 1. The molecule has 36 heavy (non-hydrogen) atoms. The Kier molecular flexibility index (Phi) is 6.78. The van der Waals surface area contributed by atoms with E-state index in [-0.39, 0.29) is 5.91 Å². The fourth-order valence-electron chi connectivity index (χ4n) is 4.61. The van der Waals surface area contributed by atoms with E-state index in [0.717, 1.165) is 35.1 Å². The number of rotatable bonds is 6. The molecular formula is C30H27N3O3. The van der Waals surface area contributed by atoms with Gasteiger partial charge in [-0.1, -0.05) is 90.5 Å². The normalized spacial score (nSPS) is 15.7. The molecule has 2 aliphatic rings. The first-order valence-electron chi connectivity index (χ1n) is 12.0. The highest BCUT2D eigenvalue weighted by Crippen LogP contribution is 2.31. The number of carbonyl (C=O) groups is 2. The summed E-state index contributed by atoms with van der Waals surface area (Å²) in [6.45, 7) is 0. The maximum absolute atomic E-state index is 13.7. The molecule has 3 N–H and O–H groups in total. The summed E-state index contributed by atoms with van der Waals surface area (Å²) >= 11 is 0. The SMILES string of the molecule is O=C(NO)C(CC1=CC=CCC1)N1C=C(c2ccc(-c3ccccc3)cc2)Nc2ccccc2C1=O. The Morgan fingerprint density at radius 3 is 2.36 bits per heavy atom. The van der Waals surface area contributed by atoms with Gasteiger partial charge in [-0.2, -0.15) is 0 Å². The van der Waals surface area contributed by atoms with Gasteiger partial charge in [-0.15, -0.1) is 0 Å². The van der Waals surface area contributed by atoms with Crippen molar-refractivity contribution in [3.8, 4) is 11.1 Å². The summed E-state index contributed by atoms with van der Waals surface area (Å²) in [5.41, 5.74) is 7.68. The van der Waals surface area contributed by atoms with E-state index in [4.69, 9.17) is 0 Å². The molecule has 0 fully saturated rings. The molecule has 1 unspecified atom stereocenters. The van der Waals surface area contributed by atoms with Crippen molar-refractivity contribution in [2.75, 3.05) is 5.32 Å².